The molecule has 0 unspecified atom stereocenters. The molecule has 6 rings (SSSR count). The lowest BCUT2D eigenvalue weighted by Crippen LogP contribution is -2.15. The molecule has 36 heavy (non-hydrogen) atoms. The minimum Gasteiger partial charge on any atom is -0.398 e. The zero-order valence-electron chi connectivity index (χ0n) is 20.3. The average Bonchev–Trinajstić information content (AvgIpc) is 3.57. The maximum absolute atomic E-state index is 12.9. The number of carbonyl (C=O) groups excluding carboxylic acids is 1. The van der Waals surface area contributed by atoms with Gasteiger partial charge in [-0.1, -0.05) is 48.5 Å². The number of hydrogen-bond donors (Lipinski definition) is 2. The van der Waals surface area contributed by atoms with Crippen molar-refractivity contribution in [2.45, 2.75) is 19.3 Å². The molecule has 178 valence electrons. The lowest BCUT2D eigenvalue weighted by molar-refractivity contribution is -0.117. The number of nitrogen functional groups attached to an aromatic ring is 1. The van der Waals surface area contributed by atoms with Crippen LogP contribution in [0.4, 0.5) is 11.5 Å². The monoisotopic (exact) mass is 473 g/mol. The van der Waals surface area contributed by atoms with Gasteiger partial charge in [-0.2, -0.15) is 5.10 Å². The zero-order chi connectivity index (χ0) is 24.8. The Bertz CT molecular complexity index is 1610. The van der Waals surface area contributed by atoms with Gasteiger partial charge in [-0.05, 0) is 76.2 Å². The first kappa shape index (κ1) is 22.0. The summed E-state index contributed by atoms with van der Waals surface area (Å²) in [5.41, 5.74) is 13.9. The van der Waals surface area contributed by atoms with Crippen molar-refractivity contribution in [2.24, 2.45) is 13.0 Å². The highest BCUT2D eigenvalue weighted by Crippen LogP contribution is 2.48. The topological polar surface area (TPSA) is 85.8 Å². The van der Waals surface area contributed by atoms with Gasteiger partial charge in [0.2, 0.25) is 5.91 Å². The van der Waals surface area contributed by atoms with E-state index in [-0.39, 0.29) is 17.7 Å². The Morgan fingerprint density at radius 2 is 1.86 bits per heavy atom. The highest BCUT2D eigenvalue weighted by molar-refractivity contribution is 6.01. The first-order valence-corrected chi connectivity index (χ1v) is 12.1. The highest BCUT2D eigenvalue weighted by atomic mass is 16.2. The van der Waals surface area contributed by atoms with E-state index in [1.807, 2.05) is 37.6 Å². The third kappa shape index (κ3) is 4.01. The summed E-state index contributed by atoms with van der Waals surface area (Å²) in [5, 5.41) is 9.04. The second-order valence-electron chi connectivity index (χ2n) is 9.60. The predicted molar refractivity (Wildman–Crippen MR) is 144 cm³/mol. The molecule has 0 radical (unpaired) electrons. The Morgan fingerprint density at radius 3 is 2.64 bits per heavy atom. The summed E-state index contributed by atoms with van der Waals surface area (Å²) < 4.78 is 1.77. The van der Waals surface area contributed by atoms with Crippen LogP contribution in [0.5, 0.6) is 0 Å². The van der Waals surface area contributed by atoms with E-state index in [0.29, 0.717) is 11.5 Å². The van der Waals surface area contributed by atoms with Crippen LogP contribution in [0.2, 0.25) is 0 Å². The number of fused-ring (bicyclic) bond motifs is 1. The molecule has 1 aliphatic carbocycles. The second kappa shape index (κ2) is 8.64. The van der Waals surface area contributed by atoms with Crippen LogP contribution in [0, 0.1) is 12.8 Å². The summed E-state index contributed by atoms with van der Waals surface area (Å²) in [6, 6.07) is 22.8. The van der Waals surface area contributed by atoms with Crippen LogP contribution >= 0.6 is 0 Å². The summed E-state index contributed by atoms with van der Waals surface area (Å²) >= 11 is 0. The number of pyridine rings is 1. The lowest BCUT2D eigenvalue weighted by Gasteiger charge is -2.15. The number of carbonyl (C=O) groups is 1. The van der Waals surface area contributed by atoms with Gasteiger partial charge in [-0.15, -0.1) is 0 Å². The minimum absolute atomic E-state index is 0.00917. The third-order valence-electron chi connectivity index (χ3n) is 7.05. The first-order valence-electron chi connectivity index (χ1n) is 12.1. The molecule has 1 saturated carbocycles. The number of nitrogens with one attached hydrogen (secondary N) is 1. The lowest BCUT2D eigenvalue weighted by atomic mass is 9.90. The van der Waals surface area contributed by atoms with Crippen LogP contribution in [0.1, 0.15) is 23.5 Å². The van der Waals surface area contributed by atoms with Gasteiger partial charge in [0.25, 0.3) is 0 Å². The fourth-order valence-corrected chi connectivity index (χ4v) is 5.11. The highest BCUT2D eigenvalue weighted by Gasteiger charge is 2.44. The predicted octanol–water partition coefficient (Wildman–Crippen LogP) is 5.94. The maximum Gasteiger partial charge on any atom is 0.229 e. The van der Waals surface area contributed by atoms with Crippen LogP contribution in [-0.4, -0.2) is 20.7 Å². The molecule has 2 atom stereocenters. The number of nitrogens with two attached hydrogens (primary N) is 1. The van der Waals surface area contributed by atoms with Gasteiger partial charge in [0.15, 0.2) is 0 Å². The van der Waals surface area contributed by atoms with Crippen molar-refractivity contribution in [1.82, 2.24) is 14.8 Å². The molecule has 0 bridgehead atoms. The van der Waals surface area contributed by atoms with E-state index in [2.05, 4.69) is 70.9 Å². The van der Waals surface area contributed by atoms with Crippen molar-refractivity contribution in [2.75, 3.05) is 11.1 Å². The van der Waals surface area contributed by atoms with E-state index in [1.54, 1.807) is 10.9 Å². The summed E-state index contributed by atoms with van der Waals surface area (Å²) in [7, 11) is 1.89. The van der Waals surface area contributed by atoms with E-state index >= 15 is 0 Å². The Labute approximate surface area is 209 Å². The number of hydrogen-bond acceptors (Lipinski definition) is 4. The van der Waals surface area contributed by atoms with E-state index < -0.39 is 0 Å². The van der Waals surface area contributed by atoms with Crippen LogP contribution in [0.15, 0.2) is 85.3 Å². The molecule has 6 heteroatoms. The maximum atomic E-state index is 12.9. The molecule has 3 N–H and O–H groups in total. The van der Waals surface area contributed by atoms with Gasteiger partial charge >= 0.3 is 0 Å². The van der Waals surface area contributed by atoms with Crippen LogP contribution in [-0.2, 0) is 11.8 Å². The van der Waals surface area contributed by atoms with Gasteiger partial charge in [0.05, 0.1) is 6.20 Å². The van der Waals surface area contributed by atoms with Crippen molar-refractivity contribution in [3.8, 4) is 22.3 Å². The Morgan fingerprint density at radius 1 is 1.03 bits per heavy atom. The van der Waals surface area contributed by atoms with E-state index in [0.717, 1.165) is 45.0 Å². The van der Waals surface area contributed by atoms with Crippen molar-refractivity contribution in [3.05, 3.63) is 96.4 Å². The summed E-state index contributed by atoms with van der Waals surface area (Å²) in [4.78, 5) is 17.4. The molecule has 0 saturated heterocycles. The van der Waals surface area contributed by atoms with Crippen LogP contribution in [0.25, 0.3) is 33.0 Å². The average molecular weight is 474 g/mol. The SMILES string of the molecule is Cc1cccc(-c2ccccc2)c1-c1cc(N)c2cnc(NC(=O)[C@@H]3C[C@H]3c3cnn(C)c3)cc2c1. The molecule has 6 nitrogen and oxygen atoms in total. The Hall–Kier alpha value is -4.45. The smallest absolute Gasteiger partial charge is 0.229 e. The molecule has 2 heterocycles. The number of rotatable bonds is 5. The number of benzene rings is 3. The van der Waals surface area contributed by atoms with Gasteiger partial charge in [0, 0.05) is 36.4 Å². The molecule has 2 aromatic heterocycles. The summed E-state index contributed by atoms with van der Waals surface area (Å²) in [6.07, 6.45) is 6.39. The van der Waals surface area contributed by atoms with Gasteiger partial charge < -0.3 is 11.1 Å². The first-order chi connectivity index (χ1) is 17.5. The van der Waals surface area contributed by atoms with E-state index in [4.69, 9.17) is 5.73 Å². The van der Waals surface area contributed by atoms with E-state index in [9.17, 15) is 4.79 Å². The fraction of sp³-hybridized carbons (Fsp3) is 0.167. The second-order valence-corrected chi connectivity index (χ2v) is 9.60. The largest absolute Gasteiger partial charge is 0.398 e. The van der Waals surface area contributed by atoms with Crippen LogP contribution < -0.4 is 11.1 Å². The standard InChI is InChI=1S/C30H27N5O/c1-18-7-6-10-23(19-8-4-3-5-9-19)29(18)21-11-20-13-28(32-16-26(20)27(31)12-21)34-30(36)25-14-24(25)22-15-33-35(2)17-22/h3-13,15-17,24-25H,14,31H2,1-2H3,(H,32,34,36)/t24-,25+/m0/s1. The quantitative estimate of drug-likeness (QED) is 0.310. The summed E-state index contributed by atoms with van der Waals surface area (Å²) in [6.45, 7) is 2.12. The fourth-order valence-electron chi connectivity index (χ4n) is 5.11. The van der Waals surface area contributed by atoms with Crippen molar-refractivity contribution < 1.29 is 4.79 Å². The zero-order valence-corrected chi connectivity index (χ0v) is 20.3. The Kier molecular flexibility index (Phi) is 5.29. The number of nitrogens with zero attached hydrogens (tertiary/aromatic N) is 3. The molecule has 1 fully saturated rings. The van der Waals surface area contributed by atoms with Crippen LogP contribution in [0.3, 0.4) is 0 Å². The number of aromatic nitrogens is 3. The van der Waals surface area contributed by atoms with Gasteiger partial charge in [-0.3, -0.25) is 9.48 Å². The van der Waals surface area contributed by atoms with Crippen molar-refractivity contribution in [1.29, 1.82) is 0 Å². The van der Waals surface area contributed by atoms with E-state index in [1.165, 1.54) is 5.56 Å². The third-order valence-corrected chi connectivity index (χ3v) is 7.05. The summed E-state index contributed by atoms with van der Waals surface area (Å²) in [5.74, 6) is 0.696. The Balaban J connectivity index is 1.33. The normalized spacial score (nSPS) is 16.7. The van der Waals surface area contributed by atoms with Gasteiger partial charge in [-0.25, -0.2) is 4.98 Å². The molecule has 5 aromatic rings. The molecule has 3 aromatic carbocycles. The number of aryl methyl sites for hydroxylation is 2. The molecule has 1 amide bonds. The molecule has 1 aliphatic rings. The van der Waals surface area contributed by atoms with Crippen molar-refractivity contribution in [3.63, 3.8) is 0 Å². The number of amides is 1. The number of anilines is 2. The molecular formula is C30H27N5O. The van der Waals surface area contributed by atoms with Crippen molar-refractivity contribution >= 4 is 28.2 Å². The van der Waals surface area contributed by atoms with Gasteiger partial charge in [0.1, 0.15) is 5.82 Å². The molecule has 0 aliphatic heterocycles. The minimum atomic E-state index is -0.0523. The molecular weight excluding hydrogens is 446 g/mol. The molecule has 0 spiro atoms.